The lowest BCUT2D eigenvalue weighted by Gasteiger charge is -2.53. The minimum atomic E-state index is -2.47. The van der Waals surface area contributed by atoms with Gasteiger partial charge in [0.25, 0.3) is 0 Å². The van der Waals surface area contributed by atoms with Crippen LogP contribution in [0.3, 0.4) is 0 Å². The number of hydrogen-bond acceptors (Lipinski definition) is 13. The standard InChI is InChI=1S/C40H70O13Si2/c1-11-45-35(41)49-29-21-15-19-27-39(5,6)54(9,33-25-17-23-31-51-37(43)47-13-3)53-55(10,34-26-18-24-32-52-38(44)48-14-4)40(7,8)28-20-16-22-30-50-36(42)46-12-2/h11-14H,1-4,15-34H2,5-10H3. The van der Waals surface area contributed by atoms with Crippen LogP contribution in [0.4, 0.5) is 19.2 Å². The van der Waals surface area contributed by atoms with E-state index in [-0.39, 0.29) is 36.5 Å². The molecule has 0 aliphatic rings. The van der Waals surface area contributed by atoms with Crippen molar-refractivity contribution in [1.29, 1.82) is 0 Å². The average Bonchev–Trinajstić information content (AvgIpc) is 3.11. The lowest BCUT2D eigenvalue weighted by atomic mass is 10.0. The summed E-state index contributed by atoms with van der Waals surface area (Å²) in [4.78, 5) is 46.3. The molecule has 13 nitrogen and oxygen atoms in total. The van der Waals surface area contributed by atoms with Crippen molar-refractivity contribution in [2.24, 2.45) is 0 Å². The average molecular weight is 815 g/mol. The molecule has 316 valence electrons. The minimum absolute atomic E-state index is 0.0824. The number of unbranched alkanes of at least 4 members (excludes halogenated alkanes) is 8. The van der Waals surface area contributed by atoms with E-state index in [1.165, 1.54) is 0 Å². The van der Waals surface area contributed by atoms with Gasteiger partial charge < -0.3 is 42.0 Å². The third-order valence-electron chi connectivity index (χ3n) is 10.4. The summed E-state index contributed by atoms with van der Waals surface area (Å²) in [6.07, 6.45) is 13.3. The number of ether oxygens (including phenoxy) is 8. The fraction of sp³-hybridized carbons (Fsp3) is 0.700. The first-order chi connectivity index (χ1) is 26.0. The summed E-state index contributed by atoms with van der Waals surface area (Å²) in [6, 6.07) is 1.90. The van der Waals surface area contributed by atoms with Crippen LogP contribution in [0.15, 0.2) is 51.4 Å². The van der Waals surface area contributed by atoms with Crippen LogP contribution in [0.2, 0.25) is 35.3 Å². The highest BCUT2D eigenvalue weighted by atomic mass is 28.4. The molecule has 0 spiro atoms. The zero-order valence-corrected chi connectivity index (χ0v) is 36.6. The molecule has 0 rings (SSSR count). The molecule has 0 bridgehead atoms. The Labute approximate surface area is 332 Å². The number of hydrogen-bond donors (Lipinski definition) is 0. The van der Waals surface area contributed by atoms with Crippen LogP contribution in [0.1, 0.15) is 118 Å². The van der Waals surface area contributed by atoms with E-state index < -0.39 is 41.3 Å². The Hall–Kier alpha value is -3.57. The van der Waals surface area contributed by atoms with Crippen LogP contribution in [0, 0.1) is 0 Å². The van der Waals surface area contributed by atoms with Crippen molar-refractivity contribution in [3.63, 3.8) is 0 Å². The molecule has 0 amide bonds. The Balaban J connectivity index is 6.01. The van der Waals surface area contributed by atoms with Crippen LogP contribution >= 0.6 is 0 Å². The van der Waals surface area contributed by atoms with Crippen LogP contribution in [0.5, 0.6) is 0 Å². The number of carbonyl (C=O) groups is 4. The van der Waals surface area contributed by atoms with Crippen molar-refractivity contribution in [3.05, 3.63) is 51.4 Å². The van der Waals surface area contributed by atoms with E-state index in [2.05, 4.69) is 86.1 Å². The second-order valence-electron chi connectivity index (χ2n) is 15.1. The first kappa shape index (κ1) is 51.4. The maximum absolute atomic E-state index is 11.6. The van der Waals surface area contributed by atoms with Gasteiger partial charge in [0.15, 0.2) is 16.6 Å². The van der Waals surface area contributed by atoms with Gasteiger partial charge >= 0.3 is 24.6 Å². The molecule has 0 aromatic carbocycles. The summed E-state index contributed by atoms with van der Waals surface area (Å²) >= 11 is 0. The molecule has 0 heterocycles. The van der Waals surface area contributed by atoms with Crippen LogP contribution in [0.25, 0.3) is 0 Å². The van der Waals surface area contributed by atoms with Gasteiger partial charge in [0.2, 0.25) is 0 Å². The predicted octanol–water partition coefficient (Wildman–Crippen LogP) is 12.4. The summed E-state index contributed by atoms with van der Waals surface area (Å²) in [7, 11) is -4.94. The third kappa shape index (κ3) is 22.5. The summed E-state index contributed by atoms with van der Waals surface area (Å²) in [5, 5.41) is -0.165. The second kappa shape index (κ2) is 28.8. The topological polar surface area (TPSA) is 151 Å². The summed E-state index contributed by atoms with van der Waals surface area (Å²) in [5.74, 6) is 0. The maximum Gasteiger partial charge on any atom is 0.513 e. The van der Waals surface area contributed by atoms with Crippen molar-refractivity contribution < 1.29 is 61.2 Å². The molecular formula is C40H70O13Si2. The molecule has 15 heteroatoms. The molecule has 0 aliphatic carbocycles. The minimum Gasteiger partial charge on any atom is -0.454 e. The Bertz CT molecular complexity index is 1090. The summed E-state index contributed by atoms with van der Waals surface area (Å²) < 4.78 is 46.9. The Morgan fingerprint density at radius 3 is 0.945 bits per heavy atom. The smallest absolute Gasteiger partial charge is 0.454 e. The van der Waals surface area contributed by atoms with E-state index in [1.807, 2.05) is 0 Å². The van der Waals surface area contributed by atoms with Gasteiger partial charge in [0, 0.05) is 0 Å². The van der Waals surface area contributed by atoms with E-state index in [9.17, 15) is 19.2 Å². The molecule has 0 saturated heterocycles. The maximum atomic E-state index is 11.6. The van der Waals surface area contributed by atoms with E-state index in [4.69, 9.17) is 23.1 Å². The molecule has 0 fully saturated rings. The second-order valence-corrected chi connectivity index (χ2v) is 24.6. The Kier molecular flexibility index (Phi) is 26.9. The molecular weight excluding hydrogens is 745 g/mol. The lowest BCUT2D eigenvalue weighted by Crippen LogP contribution is -2.58. The van der Waals surface area contributed by atoms with Gasteiger partial charge in [-0.2, -0.15) is 0 Å². The van der Waals surface area contributed by atoms with Gasteiger partial charge in [-0.15, -0.1) is 0 Å². The highest BCUT2D eigenvalue weighted by molar-refractivity contribution is 6.88. The molecule has 0 N–H and O–H groups in total. The summed E-state index contributed by atoms with van der Waals surface area (Å²) in [6.45, 7) is 28.7. The molecule has 0 radical (unpaired) electrons. The first-order valence-electron chi connectivity index (χ1n) is 19.5. The zero-order chi connectivity index (χ0) is 41.6. The van der Waals surface area contributed by atoms with Gasteiger partial charge in [0.1, 0.15) is 0 Å². The monoisotopic (exact) mass is 814 g/mol. The van der Waals surface area contributed by atoms with Gasteiger partial charge in [-0.05, 0) is 73.8 Å². The van der Waals surface area contributed by atoms with Crippen molar-refractivity contribution in [2.45, 2.75) is 153 Å². The number of rotatable bonds is 32. The fourth-order valence-electron chi connectivity index (χ4n) is 6.29. The van der Waals surface area contributed by atoms with Gasteiger partial charge in [-0.25, -0.2) is 19.2 Å². The van der Waals surface area contributed by atoms with E-state index in [1.54, 1.807) is 0 Å². The normalized spacial score (nSPS) is 13.5. The SMILES string of the molecule is C=COC(=O)OCCCCCC(C)(C)[Si](C)(CCCCCOC(=O)OC=C)O[Si](C)(CCCCCOC(=O)OC=C)C(C)(C)CCCCCOC(=O)OC=C. The van der Waals surface area contributed by atoms with E-state index >= 15 is 0 Å². The van der Waals surface area contributed by atoms with Gasteiger partial charge in [-0.1, -0.05) is 105 Å². The highest BCUT2D eigenvalue weighted by Gasteiger charge is 2.53. The first-order valence-corrected chi connectivity index (χ1v) is 24.7. The highest BCUT2D eigenvalue weighted by Crippen LogP contribution is 2.53. The van der Waals surface area contributed by atoms with Crippen molar-refractivity contribution in [3.8, 4) is 0 Å². The Morgan fingerprint density at radius 1 is 0.436 bits per heavy atom. The molecule has 0 saturated carbocycles. The summed E-state index contributed by atoms with van der Waals surface area (Å²) in [5.41, 5.74) is 0. The largest absolute Gasteiger partial charge is 0.513 e. The Morgan fingerprint density at radius 2 is 0.691 bits per heavy atom. The number of carbonyl (C=O) groups excluding carboxylic acids is 4. The molecule has 2 atom stereocenters. The van der Waals surface area contributed by atoms with Crippen LogP contribution in [-0.4, -0.2) is 67.7 Å². The molecule has 0 aromatic heterocycles. The quantitative estimate of drug-likeness (QED) is 0.0208. The zero-order valence-electron chi connectivity index (χ0n) is 34.6. The van der Waals surface area contributed by atoms with Crippen LogP contribution in [-0.2, 0) is 42.0 Å². The van der Waals surface area contributed by atoms with Crippen molar-refractivity contribution in [1.82, 2.24) is 0 Å². The third-order valence-corrected chi connectivity index (χ3v) is 22.8. The molecule has 2 unspecified atom stereocenters. The van der Waals surface area contributed by atoms with Crippen molar-refractivity contribution >= 4 is 41.3 Å². The molecule has 0 aromatic rings. The molecule has 55 heavy (non-hydrogen) atoms. The van der Waals surface area contributed by atoms with Crippen molar-refractivity contribution in [2.75, 3.05) is 26.4 Å². The predicted molar refractivity (Wildman–Crippen MR) is 217 cm³/mol. The van der Waals surface area contributed by atoms with E-state index in [0.29, 0.717) is 12.8 Å². The van der Waals surface area contributed by atoms with E-state index in [0.717, 1.165) is 114 Å². The molecule has 0 aliphatic heterocycles. The van der Waals surface area contributed by atoms with Gasteiger partial charge in [-0.3, -0.25) is 0 Å². The van der Waals surface area contributed by atoms with Crippen LogP contribution < -0.4 is 0 Å². The fourth-order valence-corrected chi connectivity index (χ4v) is 17.9. The van der Waals surface area contributed by atoms with Gasteiger partial charge in [0.05, 0.1) is 51.5 Å². The lowest BCUT2D eigenvalue weighted by molar-refractivity contribution is 0.0823.